The first kappa shape index (κ1) is 32.3. The van der Waals surface area contributed by atoms with Crippen LogP contribution in [-0.2, 0) is 13.1 Å². The summed E-state index contributed by atoms with van der Waals surface area (Å²) < 4.78 is 13.4. The summed E-state index contributed by atoms with van der Waals surface area (Å²) >= 11 is 0. The molecular weight excluding hydrogens is 533 g/mol. The van der Waals surface area contributed by atoms with Gasteiger partial charge in [0.25, 0.3) is 0 Å². The number of hydrogen-bond acceptors (Lipinski definition) is 5. The van der Waals surface area contributed by atoms with Gasteiger partial charge in [0, 0.05) is 55.1 Å². The summed E-state index contributed by atoms with van der Waals surface area (Å²) in [5, 5.41) is 6.86. The quantitative estimate of drug-likeness (QED) is 0.119. The molecule has 4 N–H and O–H groups in total. The van der Waals surface area contributed by atoms with Gasteiger partial charge in [0.1, 0.15) is 5.82 Å². The van der Waals surface area contributed by atoms with Crippen LogP contribution < -0.4 is 16.4 Å². The minimum Gasteiger partial charge on any atom is -0.399 e. The smallest absolute Gasteiger partial charge is 0.123 e. The van der Waals surface area contributed by atoms with Gasteiger partial charge in [-0.1, -0.05) is 61.7 Å². The van der Waals surface area contributed by atoms with Crippen molar-refractivity contribution in [2.45, 2.75) is 33.4 Å². The molecule has 4 rings (SSSR count). The average Bonchev–Trinajstić information content (AvgIpc) is 3.03. The Morgan fingerprint density at radius 2 is 1.60 bits per heavy atom. The number of allylic oxidation sites excluding steroid dienone is 5. The summed E-state index contributed by atoms with van der Waals surface area (Å²) in [5.74, 6) is -0.272. The highest BCUT2D eigenvalue weighted by atomic mass is 19.1. The second-order valence-corrected chi connectivity index (χ2v) is 9.88. The largest absolute Gasteiger partial charge is 0.399 e. The Kier molecular flexibility index (Phi) is 12.2. The molecule has 0 saturated heterocycles. The van der Waals surface area contributed by atoms with Crippen molar-refractivity contribution in [2.75, 3.05) is 5.32 Å². The van der Waals surface area contributed by atoms with Crippen LogP contribution >= 0.6 is 0 Å². The van der Waals surface area contributed by atoms with E-state index < -0.39 is 0 Å². The molecule has 0 bridgehead atoms. The topological polar surface area (TPSA) is 75.9 Å². The Morgan fingerprint density at radius 3 is 2.30 bits per heavy atom. The van der Waals surface area contributed by atoms with Crippen LogP contribution in [0.1, 0.15) is 35.6 Å². The fourth-order valence-electron chi connectivity index (χ4n) is 4.46. The van der Waals surface area contributed by atoms with E-state index in [9.17, 15) is 4.39 Å². The summed E-state index contributed by atoms with van der Waals surface area (Å²) in [5.41, 5.74) is 16.4. The van der Waals surface area contributed by atoms with Gasteiger partial charge in [0.2, 0.25) is 0 Å². The van der Waals surface area contributed by atoms with E-state index >= 15 is 0 Å². The summed E-state index contributed by atoms with van der Waals surface area (Å²) in [6, 6.07) is 18.8. The fraction of sp³-hybridized carbons (Fsp3) is 0.135. The number of nitrogens with zero attached hydrogens (tertiary/aromatic N) is 2. The third-order valence-corrected chi connectivity index (χ3v) is 6.78. The molecule has 218 valence electrons. The van der Waals surface area contributed by atoms with Crippen LogP contribution in [0.3, 0.4) is 0 Å². The zero-order valence-corrected chi connectivity index (χ0v) is 24.8. The molecule has 0 fully saturated rings. The predicted molar refractivity (Wildman–Crippen MR) is 178 cm³/mol. The molecule has 0 saturated carbocycles. The van der Waals surface area contributed by atoms with E-state index in [1.165, 1.54) is 17.7 Å². The number of rotatable bonds is 12. The number of hydrogen-bond donors (Lipinski definition) is 3. The van der Waals surface area contributed by atoms with Gasteiger partial charge >= 0.3 is 0 Å². The number of nitrogens with two attached hydrogens (primary N) is 1. The third kappa shape index (κ3) is 9.39. The van der Waals surface area contributed by atoms with Gasteiger partial charge in [-0.2, -0.15) is 0 Å². The van der Waals surface area contributed by atoms with Gasteiger partial charge in [-0.25, -0.2) is 4.39 Å². The number of nitrogens with one attached hydrogen (secondary N) is 2. The lowest BCUT2D eigenvalue weighted by molar-refractivity contribution is 0.628. The Labute approximate surface area is 254 Å². The Balaban J connectivity index is 0.00000248. The second kappa shape index (κ2) is 16.3. The average molecular weight is 572 g/mol. The van der Waals surface area contributed by atoms with Crippen molar-refractivity contribution in [3.05, 3.63) is 156 Å². The van der Waals surface area contributed by atoms with Gasteiger partial charge < -0.3 is 16.4 Å². The summed E-state index contributed by atoms with van der Waals surface area (Å²) in [7, 11) is 0. The normalized spacial score (nSPS) is 11.3. The maximum atomic E-state index is 13.4. The van der Waals surface area contributed by atoms with E-state index in [4.69, 9.17) is 5.73 Å². The van der Waals surface area contributed by atoms with Crippen molar-refractivity contribution in [2.24, 2.45) is 5.73 Å². The zero-order chi connectivity index (χ0) is 31.2. The standard InChI is InChI=1S/C35H36FN5.C2H2/c1-5-34(37)30(15-24(2)31-17-28(20-39-21-31)19-38-18-27-9-7-6-8-10-27)16-25(3)41-35-23-40-22-33(26(35)4)29-11-13-32(36)14-12-29;1-2/h5-15,17,20-23,38,41H,2-3,16,18-19,37H2,1,4H3;1-2H/b30-15-,34-5+;. The molecule has 0 aliphatic rings. The van der Waals surface area contributed by atoms with Crippen molar-refractivity contribution in [1.29, 1.82) is 0 Å². The molecule has 2 heterocycles. The lowest BCUT2D eigenvalue weighted by atomic mass is 9.99. The molecule has 0 radical (unpaired) electrons. The van der Waals surface area contributed by atoms with Crippen LogP contribution in [0.5, 0.6) is 0 Å². The minimum atomic E-state index is -0.272. The minimum absolute atomic E-state index is 0.272. The highest BCUT2D eigenvalue weighted by Gasteiger charge is 2.11. The first-order chi connectivity index (χ1) is 20.8. The van der Waals surface area contributed by atoms with E-state index in [1.54, 1.807) is 24.5 Å². The maximum Gasteiger partial charge on any atom is 0.123 e. The molecular formula is C37H38FN5. The van der Waals surface area contributed by atoms with E-state index in [2.05, 4.69) is 64.8 Å². The second-order valence-electron chi connectivity index (χ2n) is 9.88. The molecule has 4 aromatic rings. The first-order valence-electron chi connectivity index (χ1n) is 13.8. The number of aromatic nitrogens is 2. The molecule has 43 heavy (non-hydrogen) atoms. The molecule has 0 atom stereocenters. The summed E-state index contributed by atoms with van der Waals surface area (Å²) in [6.45, 7) is 13.9. The SMILES string of the molecule is C#C.C=C(CC(=C/C(=C)c1cncc(CNCc2ccccc2)c1)/C(N)=C\C)Nc1cncc(-c2ccc(F)cc2)c1C. The number of pyridine rings is 2. The summed E-state index contributed by atoms with van der Waals surface area (Å²) in [4.78, 5) is 8.82. The lowest BCUT2D eigenvalue weighted by Crippen LogP contribution is -2.12. The molecule has 0 aliphatic heterocycles. The van der Waals surface area contributed by atoms with E-state index in [-0.39, 0.29) is 5.82 Å². The molecule has 2 aromatic heterocycles. The van der Waals surface area contributed by atoms with Crippen molar-refractivity contribution in [1.82, 2.24) is 15.3 Å². The lowest BCUT2D eigenvalue weighted by Gasteiger charge is -2.17. The highest BCUT2D eigenvalue weighted by molar-refractivity contribution is 5.75. The van der Waals surface area contributed by atoms with Crippen molar-refractivity contribution < 1.29 is 4.39 Å². The Hall–Kier alpha value is -5.25. The number of benzene rings is 2. The monoisotopic (exact) mass is 571 g/mol. The fourth-order valence-corrected chi connectivity index (χ4v) is 4.46. The molecule has 2 aromatic carbocycles. The van der Waals surface area contributed by atoms with Gasteiger partial charge in [-0.05, 0) is 77.1 Å². The van der Waals surface area contributed by atoms with Crippen LogP contribution in [0.25, 0.3) is 16.7 Å². The van der Waals surface area contributed by atoms with E-state index in [0.29, 0.717) is 18.7 Å². The predicted octanol–water partition coefficient (Wildman–Crippen LogP) is 7.95. The molecule has 0 unspecified atom stereocenters. The summed E-state index contributed by atoms with van der Waals surface area (Å²) in [6.07, 6.45) is 19.6. The van der Waals surface area contributed by atoms with E-state index in [0.717, 1.165) is 56.9 Å². The van der Waals surface area contributed by atoms with Crippen molar-refractivity contribution >= 4 is 11.3 Å². The van der Waals surface area contributed by atoms with Gasteiger partial charge in [-0.3, -0.25) is 9.97 Å². The van der Waals surface area contributed by atoms with Crippen LogP contribution in [0.15, 0.2) is 128 Å². The third-order valence-electron chi connectivity index (χ3n) is 6.78. The molecule has 0 aliphatic carbocycles. The van der Waals surface area contributed by atoms with Crippen LogP contribution in [0.4, 0.5) is 10.1 Å². The van der Waals surface area contributed by atoms with Crippen LogP contribution in [-0.4, -0.2) is 9.97 Å². The zero-order valence-electron chi connectivity index (χ0n) is 24.8. The van der Waals surface area contributed by atoms with Crippen LogP contribution in [0, 0.1) is 25.6 Å². The van der Waals surface area contributed by atoms with Crippen LogP contribution in [0.2, 0.25) is 0 Å². The van der Waals surface area contributed by atoms with Gasteiger partial charge in [0.05, 0.1) is 11.9 Å². The number of terminal acetylenes is 1. The van der Waals surface area contributed by atoms with Gasteiger partial charge in [-0.15, -0.1) is 12.8 Å². The Morgan fingerprint density at radius 1 is 0.930 bits per heavy atom. The van der Waals surface area contributed by atoms with E-state index in [1.807, 2.05) is 56.6 Å². The molecule has 6 heteroatoms. The highest BCUT2D eigenvalue weighted by Crippen LogP contribution is 2.29. The number of anilines is 1. The molecule has 0 amide bonds. The Bertz CT molecular complexity index is 1620. The first-order valence-corrected chi connectivity index (χ1v) is 13.8. The van der Waals surface area contributed by atoms with Gasteiger partial charge in [0.15, 0.2) is 0 Å². The number of halogens is 1. The van der Waals surface area contributed by atoms with Crippen molar-refractivity contribution in [3.8, 4) is 24.0 Å². The molecule has 5 nitrogen and oxygen atoms in total. The molecule has 0 spiro atoms. The van der Waals surface area contributed by atoms with Crippen molar-refractivity contribution in [3.63, 3.8) is 0 Å². The maximum absolute atomic E-state index is 13.4.